The molecule has 2 rings (SSSR count). The topological polar surface area (TPSA) is 58.6 Å². The van der Waals surface area contributed by atoms with Gasteiger partial charge in [0.15, 0.2) is 0 Å². The van der Waals surface area contributed by atoms with Crippen LogP contribution >= 0.6 is 0 Å². The summed E-state index contributed by atoms with van der Waals surface area (Å²) in [5, 5.41) is 12.3. The summed E-state index contributed by atoms with van der Waals surface area (Å²) in [5.74, 6) is -0.753. The van der Waals surface area contributed by atoms with E-state index in [0.29, 0.717) is 13.0 Å². The fourth-order valence-corrected chi connectivity index (χ4v) is 2.33. The maximum atomic E-state index is 11.2. The van der Waals surface area contributed by atoms with Gasteiger partial charge in [-0.3, -0.25) is 10.1 Å². The Balaban J connectivity index is 2.16. The number of carbonyl (C=O) groups is 1. The zero-order valence-corrected chi connectivity index (χ0v) is 7.58. The van der Waals surface area contributed by atoms with Crippen molar-refractivity contribution >= 4 is 5.97 Å². The Kier molecular flexibility index (Phi) is 2.26. The normalized spacial score (nSPS) is 39.5. The highest BCUT2D eigenvalue weighted by atomic mass is 16.5. The van der Waals surface area contributed by atoms with E-state index in [4.69, 9.17) is 4.74 Å². The van der Waals surface area contributed by atoms with Crippen LogP contribution in [0.2, 0.25) is 0 Å². The first-order valence-corrected chi connectivity index (χ1v) is 4.86. The van der Waals surface area contributed by atoms with Crippen LogP contribution in [-0.2, 0) is 9.53 Å². The first-order chi connectivity index (χ1) is 6.26. The van der Waals surface area contributed by atoms with Crippen molar-refractivity contribution in [1.82, 2.24) is 5.32 Å². The zero-order chi connectivity index (χ0) is 9.31. The van der Waals surface area contributed by atoms with Crippen molar-refractivity contribution in [3.05, 3.63) is 0 Å². The first-order valence-electron chi connectivity index (χ1n) is 4.86. The minimum atomic E-state index is -0.781. The van der Waals surface area contributed by atoms with E-state index in [9.17, 15) is 9.90 Å². The van der Waals surface area contributed by atoms with Crippen molar-refractivity contribution in [2.45, 2.75) is 37.3 Å². The van der Waals surface area contributed by atoms with E-state index < -0.39 is 11.5 Å². The van der Waals surface area contributed by atoms with E-state index in [0.717, 1.165) is 25.8 Å². The van der Waals surface area contributed by atoms with Gasteiger partial charge in [-0.2, -0.15) is 0 Å². The molecular weight excluding hydrogens is 170 g/mol. The fraction of sp³-hybridized carbons (Fsp3) is 0.889. The third-order valence-corrected chi connectivity index (χ3v) is 3.05. The molecule has 0 saturated carbocycles. The van der Waals surface area contributed by atoms with Crippen LogP contribution in [0, 0.1) is 0 Å². The number of carboxylic acid groups (broad SMARTS) is 1. The highest BCUT2D eigenvalue weighted by Gasteiger charge is 2.49. The molecule has 0 spiro atoms. The van der Waals surface area contributed by atoms with Crippen LogP contribution in [0.3, 0.4) is 0 Å². The summed E-state index contributed by atoms with van der Waals surface area (Å²) < 4.78 is 5.46. The zero-order valence-electron chi connectivity index (χ0n) is 7.58. The molecule has 74 valence electrons. The van der Waals surface area contributed by atoms with Crippen molar-refractivity contribution in [1.29, 1.82) is 0 Å². The molecule has 2 N–H and O–H groups in total. The van der Waals surface area contributed by atoms with Gasteiger partial charge in [-0.05, 0) is 32.2 Å². The largest absolute Gasteiger partial charge is 0.480 e. The predicted molar refractivity (Wildman–Crippen MR) is 46.6 cm³/mol. The predicted octanol–water partition coefficient (Wildman–Crippen LogP) is 0.372. The van der Waals surface area contributed by atoms with E-state index >= 15 is 0 Å². The van der Waals surface area contributed by atoms with Gasteiger partial charge in [0.2, 0.25) is 0 Å². The molecule has 0 amide bonds. The summed E-state index contributed by atoms with van der Waals surface area (Å²) in [6, 6.07) is 0. The maximum Gasteiger partial charge on any atom is 0.326 e. The molecule has 4 nitrogen and oxygen atoms in total. The van der Waals surface area contributed by atoms with Crippen molar-refractivity contribution in [3.63, 3.8) is 0 Å². The molecule has 2 aliphatic heterocycles. The summed E-state index contributed by atoms with van der Waals surface area (Å²) >= 11 is 0. The van der Waals surface area contributed by atoms with Gasteiger partial charge in [0, 0.05) is 6.61 Å². The average Bonchev–Trinajstić information content (AvgIpc) is 2.75. The van der Waals surface area contributed by atoms with Gasteiger partial charge in [-0.1, -0.05) is 0 Å². The maximum absolute atomic E-state index is 11.2. The van der Waals surface area contributed by atoms with E-state index in [-0.39, 0.29) is 6.10 Å². The van der Waals surface area contributed by atoms with Crippen LogP contribution in [0.15, 0.2) is 0 Å². The molecule has 0 aromatic carbocycles. The fourth-order valence-electron chi connectivity index (χ4n) is 2.33. The third kappa shape index (κ3) is 1.34. The summed E-state index contributed by atoms with van der Waals surface area (Å²) in [4.78, 5) is 11.2. The second kappa shape index (κ2) is 3.27. The van der Waals surface area contributed by atoms with Gasteiger partial charge in [0.1, 0.15) is 5.54 Å². The lowest BCUT2D eigenvalue weighted by Crippen LogP contribution is -2.56. The SMILES string of the molecule is O=C(O)C1(C2CCCO2)CCCN1. The second-order valence-corrected chi connectivity index (χ2v) is 3.81. The monoisotopic (exact) mass is 185 g/mol. The lowest BCUT2D eigenvalue weighted by Gasteiger charge is -2.30. The molecule has 4 heteroatoms. The molecule has 0 aromatic rings. The Hall–Kier alpha value is -0.610. The first kappa shape index (κ1) is 8.97. The van der Waals surface area contributed by atoms with Crippen LogP contribution in [0.1, 0.15) is 25.7 Å². The van der Waals surface area contributed by atoms with Gasteiger partial charge in [-0.15, -0.1) is 0 Å². The lowest BCUT2D eigenvalue weighted by molar-refractivity contribution is -0.149. The van der Waals surface area contributed by atoms with Gasteiger partial charge in [-0.25, -0.2) is 0 Å². The number of aliphatic carboxylic acids is 1. The third-order valence-electron chi connectivity index (χ3n) is 3.05. The molecule has 2 atom stereocenters. The molecule has 13 heavy (non-hydrogen) atoms. The van der Waals surface area contributed by atoms with Crippen molar-refractivity contribution < 1.29 is 14.6 Å². The van der Waals surface area contributed by atoms with Gasteiger partial charge in [0.25, 0.3) is 0 Å². The quantitative estimate of drug-likeness (QED) is 0.652. The molecule has 2 heterocycles. The summed E-state index contributed by atoms with van der Waals surface area (Å²) in [6.45, 7) is 1.51. The Morgan fingerprint density at radius 3 is 2.85 bits per heavy atom. The second-order valence-electron chi connectivity index (χ2n) is 3.81. The van der Waals surface area contributed by atoms with Crippen LogP contribution in [-0.4, -0.2) is 35.9 Å². The Bertz CT molecular complexity index is 205. The van der Waals surface area contributed by atoms with E-state index in [1.165, 1.54) is 0 Å². The molecule has 0 aromatic heterocycles. The van der Waals surface area contributed by atoms with E-state index in [1.807, 2.05) is 0 Å². The number of hydrogen-bond donors (Lipinski definition) is 2. The highest BCUT2D eigenvalue weighted by Crippen LogP contribution is 2.31. The molecule has 0 radical (unpaired) electrons. The van der Waals surface area contributed by atoms with Crippen LogP contribution < -0.4 is 5.32 Å². The Morgan fingerprint density at radius 1 is 1.54 bits per heavy atom. The van der Waals surface area contributed by atoms with Gasteiger partial charge < -0.3 is 9.84 Å². The van der Waals surface area contributed by atoms with Crippen LogP contribution in [0.25, 0.3) is 0 Å². The molecule has 2 aliphatic rings. The van der Waals surface area contributed by atoms with Crippen molar-refractivity contribution in [3.8, 4) is 0 Å². The van der Waals surface area contributed by atoms with Gasteiger partial charge >= 0.3 is 5.97 Å². The number of hydrogen-bond acceptors (Lipinski definition) is 3. The molecule has 2 unspecified atom stereocenters. The molecule has 2 saturated heterocycles. The van der Waals surface area contributed by atoms with Crippen LogP contribution in [0.4, 0.5) is 0 Å². The summed E-state index contributed by atoms with van der Waals surface area (Å²) in [6.07, 6.45) is 3.38. The minimum absolute atomic E-state index is 0.118. The molecular formula is C9H15NO3. The Labute approximate surface area is 77.3 Å². The van der Waals surface area contributed by atoms with Gasteiger partial charge in [0.05, 0.1) is 6.10 Å². The standard InChI is InChI=1S/C9H15NO3/c11-8(12)9(4-2-5-10-9)7-3-1-6-13-7/h7,10H,1-6H2,(H,11,12). The Morgan fingerprint density at radius 2 is 2.38 bits per heavy atom. The lowest BCUT2D eigenvalue weighted by atomic mass is 9.89. The number of rotatable bonds is 2. The number of carboxylic acids is 1. The molecule has 0 bridgehead atoms. The summed E-state index contributed by atoms with van der Waals surface area (Å²) in [7, 11) is 0. The highest BCUT2D eigenvalue weighted by molar-refractivity contribution is 5.80. The molecule has 0 aliphatic carbocycles. The molecule has 2 fully saturated rings. The van der Waals surface area contributed by atoms with E-state index in [1.54, 1.807) is 0 Å². The minimum Gasteiger partial charge on any atom is -0.480 e. The average molecular weight is 185 g/mol. The van der Waals surface area contributed by atoms with Crippen molar-refractivity contribution in [2.24, 2.45) is 0 Å². The van der Waals surface area contributed by atoms with Crippen molar-refractivity contribution in [2.75, 3.05) is 13.2 Å². The van der Waals surface area contributed by atoms with Crippen LogP contribution in [0.5, 0.6) is 0 Å². The smallest absolute Gasteiger partial charge is 0.326 e. The number of ether oxygens (including phenoxy) is 1. The summed E-state index contributed by atoms with van der Waals surface area (Å²) in [5.41, 5.74) is -0.781. The number of nitrogens with one attached hydrogen (secondary N) is 1. The van der Waals surface area contributed by atoms with E-state index in [2.05, 4.69) is 5.32 Å².